The Morgan fingerprint density at radius 2 is 1.86 bits per heavy atom. The Hall–Kier alpha value is -3.98. The van der Waals surface area contributed by atoms with Crippen molar-refractivity contribution in [3.63, 3.8) is 0 Å². The first-order valence-electron chi connectivity index (χ1n) is 12.0. The van der Waals surface area contributed by atoms with Crippen molar-refractivity contribution in [3.05, 3.63) is 94.3 Å². The van der Waals surface area contributed by atoms with Gasteiger partial charge in [-0.1, -0.05) is 18.2 Å². The lowest BCUT2D eigenvalue weighted by atomic mass is 9.83. The van der Waals surface area contributed by atoms with Crippen LogP contribution in [0.4, 0.5) is 21.5 Å². The van der Waals surface area contributed by atoms with Crippen LogP contribution in [-0.2, 0) is 11.2 Å². The van der Waals surface area contributed by atoms with Crippen LogP contribution in [0.2, 0.25) is 0 Å². The number of hydrogen-bond acceptors (Lipinski definition) is 6. The smallest absolute Gasteiger partial charge is 0.269 e. The van der Waals surface area contributed by atoms with Crippen molar-refractivity contribution in [2.45, 2.75) is 12.5 Å². The first kappa shape index (κ1) is 23.7. The maximum atomic E-state index is 13.4. The number of amides is 1. The van der Waals surface area contributed by atoms with Crippen LogP contribution in [0.25, 0.3) is 0 Å². The number of nitro groups is 1. The van der Waals surface area contributed by atoms with E-state index in [1.165, 1.54) is 30.3 Å². The van der Waals surface area contributed by atoms with Gasteiger partial charge in [-0.2, -0.15) is 0 Å². The second-order valence-corrected chi connectivity index (χ2v) is 9.10. The first-order chi connectivity index (χ1) is 17.5. The molecule has 8 nitrogen and oxygen atoms in total. The molecular formula is C27H27FN4O4. The Kier molecular flexibility index (Phi) is 6.81. The summed E-state index contributed by atoms with van der Waals surface area (Å²) >= 11 is 0. The Balaban J connectivity index is 1.35. The zero-order chi connectivity index (χ0) is 25.1. The van der Waals surface area contributed by atoms with Crippen LogP contribution in [0.3, 0.4) is 0 Å². The van der Waals surface area contributed by atoms with Crippen molar-refractivity contribution in [3.8, 4) is 5.75 Å². The summed E-state index contributed by atoms with van der Waals surface area (Å²) in [6.07, 6.45) is 0.388. The van der Waals surface area contributed by atoms with Crippen molar-refractivity contribution in [1.82, 2.24) is 4.90 Å². The summed E-state index contributed by atoms with van der Waals surface area (Å²) in [7, 11) is 0. The topological polar surface area (TPSA) is 87.9 Å². The van der Waals surface area contributed by atoms with Crippen molar-refractivity contribution in [2.24, 2.45) is 5.92 Å². The van der Waals surface area contributed by atoms with Gasteiger partial charge in [0.05, 0.1) is 16.9 Å². The average Bonchev–Trinajstić information content (AvgIpc) is 2.89. The normalized spacial score (nSPS) is 19.2. The van der Waals surface area contributed by atoms with Gasteiger partial charge >= 0.3 is 0 Å². The van der Waals surface area contributed by atoms with Gasteiger partial charge < -0.3 is 15.0 Å². The quantitative estimate of drug-likeness (QED) is 0.396. The average molecular weight is 491 g/mol. The number of rotatable bonds is 7. The van der Waals surface area contributed by atoms with Gasteiger partial charge in [-0.25, -0.2) is 4.39 Å². The van der Waals surface area contributed by atoms with E-state index in [2.05, 4.69) is 15.1 Å². The molecule has 0 bridgehead atoms. The predicted molar refractivity (Wildman–Crippen MR) is 135 cm³/mol. The van der Waals surface area contributed by atoms with E-state index in [1.54, 1.807) is 12.1 Å². The Morgan fingerprint density at radius 1 is 1.08 bits per heavy atom. The molecule has 1 N–H and O–H groups in total. The number of para-hydroxylation sites is 1. The lowest BCUT2D eigenvalue weighted by Crippen LogP contribution is -2.60. The largest absolute Gasteiger partial charge is 0.492 e. The number of nitro benzene ring substituents is 1. The minimum absolute atomic E-state index is 0.0154. The van der Waals surface area contributed by atoms with Crippen molar-refractivity contribution >= 4 is 23.0 Å². The summed E-state index contributed by atoms with van der Waals surface area (Å²) in [4.78, 5) is 28.9. The fourth-order valence-electron chi connectivity index (χ4n) is 5.06. The van der Waals surface area contributed by atoms with Crippen LogP contribution in [0.5, 0.6) is 5.75 Å². The van der Waals surface area contributed by atoms with Crippen LogP contribution in [-0.4, -0.2) is 54.6 Å². The lowest BCUT2D eigenvalue weighted by Gasteiger charge is -2.49. The minimum atomic E-state index is -0.428. The SMILES string of the molecule is O=C(Nc1ccc(F)cc1)C1Cc2cc([N+](=O)[O-])ccc2N2CCN(CCOc3ccccc3)CC12. The third-order valence-corrected chi connectivity index (χ3v) is 6.86. The molecule has 1 amide bonds. The number of piperazine rings is 1. The summed E-state index contributed by atoms with van der Waals surface area (Å²) < 4.78 is 19.2. The van der Waals surface area contributed by atoms with Crippen LogP contribution in [0.15, 0.2) is 72.8 Å². The molecule has 2 heterocycles. The molecule has 0 spiro atoms. The van der Waals surface area contributed by atoms with Crippen LogP contribution < -0.4 is 15.0 Å². The van der Waals surface area contributed by atoms with E-state index in [0.29, 0.717) is 31.8 Å². The molecule has 36 heavy (non-hydrogen) atoms. The number of anilines is 2. The molecule has 3 aromatic carbocycles. The van der Waals surface area contributed by atoms with Crippen LogP contribution in [0, 0.1) is 21.8 Å². The van der Waals surface area contributed by atoms with Gasteiger partial charge in [-0.3, -0.25) is 19.8 Å². The maximum absolute atomic E-state index is 13.4. The highest BCUT2D eigenvalue weighted by Crippen LogP contribution is 2.38. The van der Waals surface area contributed by atoms with E-state index in [0.717, 1.165) is 30.1 Å². The van der Waals surface area contributed by atoms with E-state index in [-0.39, 0.29) is 23.5 Å². The standard InChI is InChI=1S/C27H27FN4O4/c28-20-6-8-21(9-7-20)29-27(33)24-17-19-16-22(32(34)35)10-11-25(19)31-13-12-30(18-26(24)31)14-15-36-23-4-2-1-3-5-23/h1-11,16,24,26H,12-15,17-18H2,(H,29,33). The zero-order valence-corrected chi connectivity index (χ0v) is 19.7. The first-order valence-corrected chi connectivity index (χ1v) is 12.0. The van der Waals surface area contributed by atoms with Crippen molar-refractivity contribution in [1.29, 1.82) is 0 Å². The number of fused-ring (bicyclic) bond motifs is 3. The maximum Gasteiger partial charge on any atom is 0.269 e. The summed E-state index contributed by atoms with van der Waals surface area (Å²) in [6, 6.07) is 20.1. The highest BCUT2D eigenvalue weighted by Gasteiger charge is 2.42. The van der Waals surface area contributed by atoms with Gasteiger partial charge in [0, 0.05) is 49.7 Å². The van der Waals surface area contributed by atoms with Gasteiger partial charge in [0.15, 0.2) is 0 Å². The molecule has 0 radical (unpaired) electrons. The van der Waals surface area contributed by atoms with E-state index in [4.69, 9.17) is 4.74 Å². The number of nitrogens with one attached hydrogen (secondary N) is 1. The molecule has 186 valence electrons. The van der Waals surface area contributed by atoms with Gasteiger partial charge in [0.2, 0.25) is 5.91 Å². The third kappa shape index (κ3) is 5.16. The molecule has 1 saturated heterocycles. The fourth-order valence-corrected chi connectivity index (χ4v) is 5.06. The zero-order valence-electron chi connectivity index (χ0n) is 19.7. The van der Waals surface area contributed by atoms with E-state index in [9.17, 15) is 19.3 Å². The highest BCUT2D eigenvalue weighted by molar-refractivity contribution is 5.94. The lowest BCUT2D eigenvalue weighted by molar-refractivity contribution is -0.384. The number of nitrogens with zero attached hydrogens (tertiary/aromatic N) is 3. The van der Waals surface area contributed by atoms with E-state index in [1.807, 2.05) is 30.3 Å². The third-order valence-electron chi connectivity index (χ3n) is 6.86. The monoisotopic (exact) mass is 490 g/mol. The van der Waals surface area contributed by atoms with Crippen LogP contribution >= 0.6 is 0 Å². The molecule has 3 aromatic rings. The number of ether oxygens (including phenoxy) is 1. The van der Waals surface area contributed by atoms with Crippen LogP contribution in [0.1, 0.15) is 5.56 Å². The molecule has 0 aromatic heterocycles. The molecule has 1 fully saturated rings. The van der Waals surface area contributed by atoms with Gasteiger partial charge in [0.1, 0.15) is 18.2 Å². The number of non-ortho nitro benzene ring substituents is 1. The number of hydrogen-bond donors (Lipinski definition) is 1. The molecule has 2 aliphatic rings. The Labute approximate surface area is 208 Å². The fraction of sp³-hybridized carbons (Fsp3) is 0.296. The molecule has 0 saturated carbocycles. The van der Waals surface area contributed by atoms with Crippen molar-refractivity contribution < 1.29 is 18.8 Å². The summed E-state index contributed by atoms with van der Waals surface area (Å²) in [5.74, 6) is -0.168. The summed E-state index contributed by atoms with van der Waals surface area (Å²) in [6.45, 7) is 3.40. The van der Waals surface area contributed by atoms with Gasteiger partial charge in [0.25, 0.3) is 5.69 Å². The van der Waals surface area contributed by atoms with Gasteiger partial charge in [-0.05, 0) is 54.4 Å². The molecule has 2 aliphatic heterocycles. The van der Waals surface area contributed by atoms with Crippen molar-refractivity contribution in [2.75, 3.05) is 43.0 Å². The molecule has 5 rings (SSSR count). The minimum Gasteiger partial charge on any atom is -0.492 e. The highest BCUT2D eigenvalue weighted by atomic mass is 19.1. The summed E-state index contributed by atoms with van der Waals surface area (Å²) in [5.41, 5.74) is 2.26. The number of carbonyl (C=O) groups is 1. The van der Waals surface area contributed by atoms with E-state index < -0.39 is 10.8 Å². The Bertz CT molecular complexity index is 1240. The summed E-state index contributed by atoms with van der Waals surface area (Å²) in [5, 5.41) is 14.3. The second kappa shape index (κ2) is 10.3. The number of benzene rings is 3. The van der Waals surface area contributed by atoms with E-state index >= 15 is 0 Å². The molecule has 2 unspecified atom stereocenters. The number of halogens is 1. The molecule has 0 aliphatic carbocycles. The predicted octanol–water partition coefficient (Wildman–Crippen LogP) is 4.11. The molecular weight excluding hydrogens is 463 g/mol. The van der Waals surface area contributed by atoms with Gasteiger partial charge in [-0.15, -0.1) is 0 Å². The second-order valence-electron chi connectivity index (χ2n) is 9.10. The molecule has 9 heteroatoms. The number of carbonyl (C=O) groups excluding carboxylic acids is 1. The Morgan fingerprint density at radius 3 is 2.61 bits per heavy atom. The molecule has 2 atom stereocenters.